The molecule has 1 aromatic heterocycles. The first-order chi connectivity index (χ1) is 17.4. The van der Waals surface area contributed by atoms with E-state index in [9.17, 15) is 13.6 Å². The lowest BCUT2D eigenvalue weighted by Crippen LogP contribution is -2.26. The predicted octanol–water partition coefficient (Wildman–Crippen LogP) is 6.04. The highest BCUT2D eigenvalue weighted by atomic mass is 19.3. The maximum absolute atomic E-state index is 13.0. The summed E-state index contributed by atoms with van der Waals surface area (Å²) in [6.07, 6.45) is 0.828. The summed E-state index contributed by atoms with van der Waals surface area (Å²) < 4.78 is 40.4. The van der Waals surface area contributed by atoms with E-state index in [0.29, 0.717) is 12.0 Å². The number of ether oxygens (including phenoxy) is 3. The maximum Gasteiger partial charge on any atom is 0.387 e. The normalized spacial score (nSPS) is 11.1. The van der Waals surface area contributed by atoms with Gasteiger partial charge in [0.1, 0.15) is 5.75 Å². The number of para-hydroxylation sites is 1. The fraction of sp³-hybridized carbons (Fsp3) is 0.250. The Morgan fingerprint density at radius 3 is 2.42 bits per heavy atom. The van der Waals surface area contributed by atoms with E-state index in [2.05, 4.69) is 9.72 Å². The van der Waals surface area contributed by atoms with Crippen molar-refractivity contribution >= 4 is 16.8 Å². The van der Waals surface area contributed by atoms with E-state index < -0.39 is 6.61 Å². The molecule has 0 aliphatic heterocycles. The molecule has 0 radical (unpaired) electrons. The van der Waals surface area contributed by atoms with Crippen LogP contribution in [0, 0.1) is 0 Å². The van der Waals surface area contributed by atoms with Crippen LogP contribution in [0.2, 0.25) is 0 Å². The van der Waals surface area contributed by atoms with Gasteiger partial charge in [-0.1, -0.05) is 24.3 Å². The maximum atomic E-state index is 13.0. The molecule has 0 aliphatic carbocycles. The van der Waals surface area contributed by atoms with Crippen LogP contribution in [0.15, 0.2) is 66.7 Å². The van der Waals surface area contributed by atoms with E-state index in [1.807, 2.05) is 48.5 Å². The summed E-state index contributed by atoms with van der Waals surface area (Å²) in [6.45, 7) is -2.72. The molecular weight excluding hydrogens is 466 g/mol. The molecule has 8 heteroatoms. The van der Waals surface area contributed by atoms with Crippen molar-refractivity contribution in [1.29, 1.82) is 0 Å². The van der Waals surface area contributed by atoms with Crippen LogP contribution < -0.4 is 14.2 Å². The molecule has 36 heavy (non-hydrogen) atoms. The molecule has 0 aliphatic rings. The van der Waals surface area contributed by atoms with Gasteiger partial charge in [0.05, 0.1) is 14.2 Å². The van der Waals surface area contributed by atoms with Crippen molar-refractivity contribution in [2.24, 2.45) is 0 Å². The van der Waals surface area contributed by atoms with Crippen LogP contribution in [0.1, 0.15) is 17.5 Å². The lowest BCUT2D eigenvalue weighted by atomic mass is 10.0. The van der Waals surface area contributed by atoms with Gasteiger partial charge >= 0.3 is 6.61 Å². The topological polar surface area (TPSA) is 63.8 Å². The molecule has 4 aromatic rings. The molecular formula is C28H28F2N2O4. The monoisotopic (exact) mass is 494 g/mol. The van der Waals surface area contributed by atoms with Gasteiger partial charge < -0.3 is 24.1 Å². The number of benzene rings is 3. The Bertz CT molecular complexity index is 1340. The highest BCUT2D eigenvalue weighted by Gasteiger charge is 2.17. The van der Waals surface area contributed by atoms with Crippen LogP contribution in [-0.2, 0) is 17.8 Å². The minimum Gasteiger partial charge on any atom is -0.497 e. The summed E-state index contributed by atoms with van der Waals surface area (Å²) in [4.78, 5) is 18.1. The fourth-order valence-electron chi connectivity index (χ4n) is 4.26. The zero-order chi connectivity index (χ0) is 25.7. The Kier molecular flexibility index (Phi) is 7.73. The molecule has 3 aromatic carbocycles. The number of hydrogen-bond donors (Lipinski definition) is 1. The van der Waals surface area contributed by atoms with Crippen molar-refractivity contribution in [2.75, 3.05) is 21.3 Å². The molecule has 4 rings (SSSR count). The third-order valence-electron chi connectivity index (χ3n) is 6.07. The molecule has 0 unspecified atom stereocenters. The summed E-state index contributed by atoms with van der Waals surface area (Å²) in [6, 6.07) is 20.6. The van der Waals surface area contributed by atoms with Gasteiger partial charge in [0.2, 0.25) is 5.91 Å². The molecule has 1 amide bonds. The van der Waals surface area contributed by atoms with E-state index in [4.69, 9.17) is 9.47 Å². The fourth-order valence-corrected chi connectivity index (χ4v) is 4.26. The summed E-state index contributed by atoms with van der Waals surface area (Å²) in [5.74, 6) is 0.856. The number of fused-ring (bicyclic) bond motifs is 1. The minimum atomic E-state index is -2.97. The summed E-state index contributed by atoms with van der Waals surface area (Å²) in [5, 5.41) is 1.07. The van der Waals surface area contributed by atoms with Gasteiger partial charge in [0.25, 0.3) is 0 Å². The predicted molar refractivity (Wildman–Crippen MR) is 135 cm³/mol. The molecule has 0 fully saturated rings. The molecule has 1 N–H and O–H groups in total. The number of hydrogen-bond acceptors (Lipinski definition) is 4. The third-order valence-corrected chi connectivity index (χ3v) is 6.07. The number of carbonyl (C=O) groups excluding carboxylic acids is 1. The van der Waals surface area contributed by atoms with Crippen LogP contribution in [0.3, 0.4) is 0 Å². The number of halogens is 2. The number of H-pyrrole nitrogens is 1. The van der Waals surface area contributed by atoms with Crippen molar-refractivity contribution < 1.29 is 27.8 Å². The first-order valence-electron chi connectivity index (χ1n) is 11.5. The number of aromatic nitrogens is 1. The lowest BCUT2D eigenvalue weighted by molar-refractivity contribution is -0.130. The third kappa shape index (κ3) is 5.59. The van der Waals surface area contributed by atoms with Gasteiger partial charge in [-0.15, -0.1) is 0 Å². The second kappa shape index (κ2) is 11.1. The Morgan fingerprint density at radius 2 is 1.72 bits per heavy atom. The quantitative estimate of drug-likeness (QED) is 0.292. The molecule has 188 valence electrons. The second-order valence-electron chi connectivity index (χ2n) is 8.37. The first kappa shape index (κ1) is 25.0. The van der Waals surface area contributed by atoms with Crippen molar-refractivity contribution in [3.05, 3.63) is 77.9 Å². The molecule has 0 saturated heterocycles. The average Bonchev–Trinajstić information content (AvgIpc) is 3.25. The van der Waals surface area contributed by atoms with Gasteiger partial charge in [-0.25, -0.2) is 0 Å². The smallest absolute Gasteiger partial charge is 0.387 e. The SMILES string of the molecule is COc1ccc(-c2[nH]c3ccccc3c2CCC(=O)N(C)Cc2ccc(OC)c(OC(F)F)c2)cc1. The average molecular weight is 495 g/mol. The number of nitrogens with one attached hydrogen (secondary N) is 1. The highest BCUT2D eigenvalue weighted by Crippen LogP contribution is 2.33. The Hall–Kier alpha value is -4.07. The zero-order valence-electron chi connectivity index (χ0n) is 20.4. The number of rotatable bonds is 10. The van der Waals surface area contributed by atoms with Crippen molar-refractivity contribution in [3.8, 4) is 28.5 Å². The summed E-state index contributed by atoms with van der Waals surface area (Å²) in [5.41, 5.74) is 4.71. The highest BCUT2D eigenvalue weighted by molar-refractivity contribution is 5.91. The van der Waals surface area contributed by atoms with E-state index in [1.165, 1.54) is 13.2 Å². The first-order valence-corrected chi connectivity index (χ1v) is 11.5. The van der Waals surface area contributed by atoms with Crippen molar-refractivity contribution in [3.63, 3.8) is 0 Å². The number of amides is 1. The van der Waals surface area contributed by atoms with E-state index in [0.717, 1.165) is 33.5 Å². The zero-order valence-corrected chi connectivity index (χ0v) is 20.4. The lowest BCUT2D eigenvalue weighted by Gasteiger charge is -2.19. The molecule has 0 bridgehead atoms. The van der Waals surface area contributed by atoms with Crippen LogP contribution in [0.25, 0.3) is 22.2 Å². The van der Waals surface area contributed by atoms with Gasteiger partial charge in [-0.3, -0.25) is 4.79 Å². The number of carbonyl (C=O) groups is 1. The van der Waals surface area contributed by atoms with E-state index in [1.54, 1.807) is 31.2 Å². The van der Waals surface area contributed by atoms with Gasteiger partial charge in [-0.05, 0) is 65.6 Å². The Labute approximate surface area is 208 Å². The van der Waals surface area contributed by atoms with Crippen LogP contribution in [0.5, 0.6) is 17.2 Å². The van der Waals surface area contributed by atoms with Gasteiger partial charge in [-0.2, -0.15) is 8.78 Å². The number of aryl methyl sites for hydroxylation is 1. The Morgan fingerprint density at radius 1 is 0.972 bits per heavy atom. The van der Waals surface area contributed by atoms with Crippen LogP contribution >= 0.6 is 0 Å². The minimum absolute atomic E-state index is 0.0613. The van der Waals surface area contributed by atoms with Crippen molar-refractivity contribution in [2.45, 2.75) is 26.0 Å². The number of nitrogens with zero attached hydrogens (tertiary/aromatic N) is 1. The number of methoxy groups -OCH3 is 2. The largest absolute Gasteiger partial charge is 0.497 e. The molecule has 0 saturated carbocycles. The Balaban J connectivity index is 1.50. The van der Waals surface area contributed by atoms with Crippen LogP contribution in [-0.4, -0.2) is 43.7 Å². The standard InChI is InChI=1S/C28H28F2N2O4/c1-32(17-18-8-14-24(35-3)25(16-18)36-28(29)30)26(33)15-13-22-21-6-4-5-7-23(21)31-27(22)19-9-11-20(34-2)12-10-19/h4-12,14,16,28,31H,13,15,17H2,1-3H3. The second-order valence-corrected chi connectivity index (χ2v) is 8.37. The summed E-state index contributed by atoms with van der Waals surface area (Å²) in [7, 11) is 4.71. The summed E-state index contributed by atoms with van der Waals surface area (Å²) >= 11 is 0. The van der Waals surface area contributed by atoms with Gasteiger partial charge in [0, 0.05) is 36.6 Å². The molecule has 0 spiro atoms. The molecule has 6 nitrogen and oxygen atoms in total. The molecule has 1 heterocycles. The van der Waals surface area contributed by atoms with Crippen molar-refractivity contribution in [1.82, 2.24) is 9.88 Å². The number of aromatic amines is 1. The van der Waals surface area contributed by atoms with E-state index >= 15 is 0 Å². The molecule has 0 atom stereocenters. The van der Waals surface area contributed by atoms with E-state index in [-0.39, 0.29) is 30.4 Å². The number of alkyl halides is 2. The van der Waals surface area contributed by atoms with Gasteiger partial charge in [0.15, 0.2) is 11.5 Å². The van der Waals surface area contributed by atoms with Crippen LogP contribution in [0.4, 0.5) is 8.78 Å².